The fraction of sp³-hybridized carbons (Fsp3) is 0.318. The number of nitrogens with one attached hydrogen (secondary N) is 1. The van der Waals surface area contributed by atoms with Gasteiger partial charge in [-0.2, -0.15) is 0 Å². The molecule has 0 radical (unpaired) electrons. The molecule has 2 aliphatic heterocycles. The predicted molar refractivity (Wildman–Crippen MR) is 109 cm³/mol. The lowest BCUT2D eigenvalue weighted by Crippen LogP contribution is -2.39. The molecule has 7 nitrogen and oxygen atoms in total. The van der Waals surface area contributed by atoms with Crippen LogP contribution in [0.2, 0.25) is 0 Å². The molecule has 1 N–H and O–H groups in total. The summed E-state index contributed by atoms with van der Waals surface area (Å²) < 4.78 is 5.46. The number of imide groups is 1. The second kappa shape index (κ2) is 8.05. The molecule has 0 aliphatic carbocycles. The Balaban J connectivity index is 1.37. The average molecular weight is 393 g/mol. The molecule has 1 saturated heterocycles. The molecule has 2 aromatic carbocycles. The minimum atomic E-state index is -0.436. The van der Waals surface area contributed by atoms with E-state index in [-0.39, 0.29) is 12.6 Å². The molecule has 1 unspecified atom stereocenters. The Bertz CT molecular complexity index is 906. The van der Waals surface area contributed by atoms with Crippen molar-refractivity contribution in [3.63, 3.8) is 0 Å². The predicted octanol–water partition coefficient (Wildman–Crippen LogP) is 2.54. The highest BCUT2D eigenvalue weighted by molar-refractivity contribution is 6.22. The summed E-state index contributed by atoms with van der Waals surface area (Å²) in [4.78, 5) is 40.4. The molecular formula is C22H23N3O4. The zero-order chi connectivity index (χ0) is 20.4. The molecule has 2 heterocycles. The van der Waals surface area contributed by atoms with Crippen LogP contribution in [0.1, 0.15) is 33.6 Å². The third kappa shape index (κ3) is 3.86. The van der Waals surface area contributed by atoms with Gasteiger partial charge < -0.3 is 15.0 Å². The Labute approximate surface area is 169 Å². The van der Waals surface area contributed by atoms with Crippen molar-refractivity contribution in [2.24, 2.45) is 0 Å². The number of ether oxygens (including phenoxy) is 1. The van der Waals surface area contributed by atoms with Crippen LogP contribution in [-0.2, 0) is 9.53 Å². The molecule has 4 rings (SSSR count). The topological polar surface area (TPSA) is 79.0 Å². The molecule has 150 valence electrons. The number of fused-ring (bicyclic) bond motifs is 1. The number of benzene rings is 2. The van der Waals surface area contributed by atoms with Gasteiger partial charge in [-0.25, -0.2) is 0 Å². The van der Waals surface area contributed by atoms with E-state index in [9.17, 15) is 14.4 Å². The Kier molecular flexibility index (Phi) is 5.31. The number of hydrogen-bond acceptors (Lipinski definition) is 5. The number of nitrogens with zero attached hydrogens (tertiary/aromatic N) is 2. The lowest BCUT2D eigenvalue weighted by atomic mass is 10.1. The molecular weight excluding hydrogens is 370 g/mol. The Hall–Kier alpha value is -3.19. The summed E-state index contributed by atoms with van der Waals surface area (Å²) in [6.07, 6.45) is 2.39. The quantitative estimate of drug-likeness (QED) is 0.790. The van der Waals surface area contributed by atoms with E-state index in [1.54, 1.807) is 31.4 Å². The fourth-order valence-corrected chi connectivity index (χ4v) is 3.85. The van der Waals surface area contributed by atoms with Crippen molar-refractivity contribution in [1.29, 1.82) is 0 Å². The third-order valence-corrected chi connectivity index (χ3v) is 5.41. The maximum atomic E-state index is 12.4. The second-order valence-corrected chi connectivity index (χ2v) is 7.28. The Morgan fingerprint density at radius 3 is 2.34 bits per heavy atom. The van der Waals surface area contributed by atoms with Crippen molar-refractivity contribution in [3.05, 3.63) is 59.7 Å². The van der Waals surface area contributed by atoms with E-state index in [2.05, 4.69) is 10.2 Å². The first-order valence-electron chi connectivity index (χ1n) is 9.69. The number of anilines is 2. The lowest BCUT2D eigenvalue weighted by molar-refractivity contribution is -0.116. The highest BCUT2D eigenvalue weighted by Crippen LogP contribution is 2.24. The van der Waals surface area contributed by atoms with E-state index >= 15 is 0 Å². The molecule has 3 amide bonds. The Morgan fingerprint density at radius 1 is 1.07 bits per heavy atom. The average Bonchev–Trinajstić information content (AvgIpc) is 2.99. The van der Waals surface area contributed by atoms with Crippen LogP contribution >= 0.6 is 0 Å². The van der Waals surface area contributed by atoms with Crippen molar-refractivity contribution in [2.75, 3.05) is 37.0 Å². The minimum Gasteiger partial charge on any atom is -0.380 e. The monoisotopic (exact) mass is 393 g/mol. The van der Waals surface area contributed by atoms with Crippen molar-refractivity contribution in [2.45, 2.75) is 18.9 Å². The van der Waals surface area contributed by atoms with E-state index in [0.29, 0.717) is 16.8 Å². The van der Waals surface area contributed by atoms with E-state index in [4.69, 9.17) is 4.74 Å². The second-order valence-electron chi connectivity index (χ2n) is 7.28. The molecule has 0 bridgehead atoms. The molecule has 0 aromatic heterocycles. The molecule has 1 fully saturated rings. The van der Waals surface area contributed by atoms with Gasteiger partial charge in [-0.1, -0.05) is 12.1 Å². The van der Waals surface area contributed by atoms with Crippen molar-refractivity contribution < 1.29 is 19.1 Å². The van der Waals surface area contributed by atoms with Gasteiger partial charge in [0, 0.05) is 31.6 Å². The Morgan fingerprint density at radius 2 is 1.72 bits per heavy atom. The smallest absolute Gasteiger partial charge is 0.262 e. The first kappa shape index (κ1) is 19.1. The normalized spacial score (nSPS) is 18.7. The van der Waals surface area contributed by atoms with E-state index in [0.717, 1.165) is 36.5 Å². The number of hydrogen-bond donors (Lipinski definition) is 1. The maximum absolute atomic E-state index is 12.4. The van der Waals surface area contributed by atoms with Crippen LogP contribution in [0, 0.1) is 0 Å². The van der Waals surface area contributed by atoms with Gasteiger partial charge in [0.25, 0.3) is 11.8 Å². The van der Waals surface area contributed by atoms with E-state index in [1.807, 2.05) is 24.3 Å². The van der Waals surface area contributed by atoms with Crippen LogP contribution in [-0.4, -0.2) is 55.5 Å². The zero-order valence-electron chi connectivity index (χ0n) is 16.3. The lowest BCUT2D eigenvalue weighted by Gasteiger charge is -2.33. The van der Waals surface area contributed by atoms with Crippen LogP contribution < -0.4 is 10.2 Å². The van der Waals surface area contributed by atoms with Gasteiger partial charge >= 0.3 is 0 Å². The fourth-order valence-electron chi connectivity index (χ4n) is 3.85. The number of methoxy groups -OCH3 is 1. The van der Waals surface area contributed by atoms with E-state index < -0.39 is 17.7 Å². The van der Waals surface area contributed by atoms with Gasteiger partial charge in [0.15, 0.2) is 0 Å². The van der Waals surface area contributed by atoms with Crippen molar-refractivity contribution >= 4 is 29.1 Å². The van der Waals surface area contributed by atoms with Crippen LogP contribution in [0.4, 0.5) is 11.4 Å². The number of carbonyl (C=O) groups excluding carboxylic acids is 3. The molecule has 0 spiro atoms. The number of piperidine rings is 1. The SMILES string of the molecule is COC1CCCN(c2ccc(NC(=O)CN3C(=O)c4ccccc4C3=O)cc2)C1. The van der Waals surface area contributed by atoms with E-state index in [1.165, 1.54) is 0 Å². The van der Waals surface area contributed by atoms with Gasteiger partial charge in [-0.3, -0.25) is 19.3 Å². The third-order valence-electron chi connectivity index (χ3n) is 5.41. The molecule has 2 aliphatic rings. The molecule has 2 aromatic rings. The summed E-state index contributed by atoms with van der Waals surface area (Å²) >= 11 is 0. The standard InChI is InChI=1S/C22H23N3O4/c1-29-17-5-4-12-24(13-17)16-10-8-15(9-11-16)23-20(26)14-25-21(27)18-6-2-3-7-19(18)22(25)28/h2-3,6-11,17H,4-5,12-14H2,1H3,(H,23,26). The van der Waals surface area contributed by atoms with Gasteiger partial charge in [0.05, 0.1) is 17.2 Å². The molecule has 7 heteroatoms. The number of carbonyl (C=O) groups is 3. The number of rotatable bonds is 5. The van der Waals surface area contributed by atoms with Crippen LogP contribution in [0.15, 0.2) is 48.5 Å². The summed E-state index contributed by atoms with van der Waals surface area (Å²) in [6.45, 7) is 1.52. The summed E-state index contributed by atoms with van der Waals surface area (Å²) in [5.41, 5.74) is 2.37. The largest absolute Gasteiger partial charge is 0.380 e. The number of amides is 3. The van der Waals surface area contributed by atoms with Gasteiger partial charge in [-0.05, 0) is 49.2 Å². The van der Waals surface area contributed by atoms with Gasteiger partial charge in [-0.15, -0.1) is 0 Å². The maximum Gasteiger partial charge on any atom is 0.262 e. The minimum absolute atomic E-state index is 0.239. The molecule has 0 saturated carbocycles. The highest BCUT2D eigenvalue weighted by atomic mass is 16.5. The summed E-state index contributed by atoms with van der Waals surface area (Å²) in [5, 5.41) is 2.76. The van der Waals surface area contributed by atoms with Gasteiger partial charge in [0.1, 0.15) is 6.54 Å². The summed E-state index contributed by atoms with van der Waals surface area (Å²) in [6, 6.07) is 14.2. The van der Waals surface area contributed by atoms with Crippen LogP contribution in [0.25, 0.3) is 0 Å². The summed E-state index contributed by atoms with van der Waals surface area (Å²) in [7, 11) is 1.74. The zero-order valence-corrected chi connectivity index (χ0v) is 16.3. The first-order chi connectivity index (χ1) is 14.1. The molecule has 29 heavy (non-hydrogen) atoms. The summed E-state index contributed by atoms with van der Waals surface area (Å²) in [5.74, 6) is -1.28. The van der Waals surface area contributed by atoms with Crippen LogP contribution in [0.5, 0.6) is 0 Å². The highest BCUT2D eigenvalue weighted by Gasteiger charge is 2.36. The van der Waals surface area contributed by atoms with Gasteiger partial charge in [0.2, 0.25) is 5.91 Å². The molecule has 1 atom stereocenters. The first-order valence-corrected chi connectivity index (χ1v) is 9.69. The van der Waals surface area contributed by atoms with Crippen molar-refractivity contribution in [3.8, 4) is 0 Å². The van der Waals surface area contributed by atoms with Crippen molar-refractivity contribution in [1.82, 2.24) is 4.90 Å². The van der Waals surface area contributed by atoms with Crippen LogP contribution in [0.3, 0.4) is 0 Å².